The SMILES string of the molecule is CCn1cc(-c2cc(C(F)(F)F)nc3sc(C(N)=O)c(NC(=O)c4cnn(C)c4C)c23)c(C)n1. The molecule has 0 aliphatic rings. The van der Waals surface area contributed by atoms with Gasteiger partial charge in [0, 0.05) is 36.4 Å². The van der Waals surface area contributed by atoms with E-state index in [0.29, 0.717) is 34.8 Å². The predicted molar refractivity (Wildman–Crippen MR) is 121 cm³/mol. The lowest BCUT2D eigenvalue weighted by Crippen LogP contribution is -2.17. The highest BCUT2D eigenvalue weighted by Gasteiger charge is 2.35. The molecule has 4 heterocycles. The fourth-order valence-corrected chi connectivity index (χ4v) is 4.60. The van der Waals surface area contributed by atoms with Crippen LogP contribution in [0.1, 0.15) is 44.0 Å². The molecule has 0 unspecified atom stereocenters. The first-order chi connectivity index (χ1) is 15.9. The van der Waals surface area contributed by atoms with Crippen molar-refractivity contribution < 1.29 is 22.8 Å². The Hall–Kier alpha value is -3.74. The van der Waals surface area contributed by atoms with E-state index in [9.17, 15) is 22.8 Å². The van der Waals surface area contributed by atoms with Crippen LogP contribution in [0.15, 0.2) is 18.5 Å². The van der Waals surface area contributed by atoms with Gasteiger partial charge in [0.05, 0.1) is 23.1 Å². The number of primary amides is 1. The molecule has 4 rings (SSSR count). The van der Waals surface area contributed by atoms with E-state index < -0.39 is 23.7 Å². The Morgan fingerprint density at radius 1 is 1.24 bits per heavy atom. The number of carbonyl (C=O) groups excluding carboxylic acids is 2. The van der Waals surface area contributed by atoms with Crippen LogP contribution in [-0.4, -0.2) is 36.4 Å². The molecule has 9 nitrogen and oxygen atoms in total. The Labute approximate surface area is 195 Å². The Kier molecular flexibility index (Phi) is 5.67. The number of halogens is 3. The topological polar surface area (TPSA) is 121 Å². The number of nitrogens with zero attached hydrogens (tertiary/aromatic N) is 5. The highest BCUT2D eigenvalue weighted by Crippen LogP contribution is 2.44. The van der Waals surface area contributed by atoms with Gasteiger partial charge in [-0.25, -0.2) is 4.98 Å². The van der Waals surface area contributed by atoms with E-state index in [1.54, 1.807) is 31.8 Å². The number of fused-ring (bicyclic) bond motifs is 1. The second-order valence-corrected chi connectivity index (χ2v) is 8.61. The maximum absolute atomic E-state index is 13.7. The molecule has 4 aromatic heterocycles. The summed E-state index contributed by atoms with van der Waals surface area (Å²) in [6.07, 6.45) is -1.76. The number of rotatable bonds is 5. The lowest BCUT2D eigenvalue weighted by Gasteiger charge is -2.12. The highest BCUT2D eigenvalue weighted by atomic mass is 32.1. The van der Waals surface area contributed by atoms with Crippen LogP contribution < -0.4 is 11.1 Å². The smallest absolute Gasteiger partial charge is 0.365 e. The molecule has 0 bridgehead atoms. The van der Waals surface area contributed by atoms with Gasteiger partial charge >= 0.3 is 6.18 Å². The average molecular weight is 491 g/mol. The monoisotopic (exact) mass is 491 g/mol. The summed E-state index contributed by atoms with van der Waals surface area (Å²) in [5.74, 6) is -1.48. The molecule has 0 aliphatic heterocycles. The molecule has 0 radical (unpaired) electrons. The normalized spacial score (nSPS) is 11.9. The van der Waals surface area contributed by atoms with Gasteiger partial charge < -0.3 is 11.1 Å². The van der Waals surface area contributed by atoms with Crippen molar-refractivity contribution in [1.82, 2.24) is 24.5 Å². The van der Waals surface area contributed by atoms with Gasteiger partial charge in [0.1, 0.15) is 15.4 Å². The second-order valence-electron chi connectivity index (χ2n) is 7.61. The molecular formula is C21H20F3N7O2S. The molecule has 0 saturated carbocycles. The van der Waals surface area contributed by atoms with Crippen molar-refractivity contribution in [2.45, 2.75) is 33.5 Å². The number of hydrogen-bond acceptors (Lipinski definition) is 6. The third-order valence-corrected chi connectivity index (χ3v) is 6.55. The molecule has 0 aliphatic carbocycles. The van der Waals surface area contributed by atoms with Gasteiger partial charge in [-0.3, -0.25) is 19.0 Å². The predicted octanol–water partition coefficient (Wildman–Crippen LogP) is 3.90. The zero-order valence-corrected chi connectivity index (χ0v) is 19.4. The maximum Gasteiger partial charge on any atom is 0.433 e. The number of aryl methyl sites for hydroxylation is 3. The first-order valence-corrected chi connectivity index (χ1v) is 10.9. The Morgan fingerprint density at radius 2 is 1.94 bits per heavy atom. The molecule has 0 aromatic carbocycles. The van der Waals surface area contributed by atoms with Crippen molar-refractivity contribution in [2.24, 2.45) is 12.8 Å². The number of aromatic nitrogens is 5. The molecule has 13 heteroatoms. The Morgan fingerprint density at radius 3 is 2.47 bits per heavy atom. The van der Waals surface area contributed by atoms with Crippen LogP contribution in [0.5, 0.6) is 0 Å². The maximum atomic E-state index is 13.7. The Balaban J connectivity index is 2.02. The van der Waals surface area contributed by atoms with Gasteiger partial charge in [0.2, 0.25) is 0 Å². The van der Waals surface area contributed by atoms with Crippen molar-refractivity contribution in [3.8, 4) is 11.1 Å². The fraction of sp³-hybridized carbons (Fsp3) is 0.286. The van der Waals surface area contributed by atoms with Crippen molar-refractivity contribution in [2.75, 3.05) is 5.32 Å². The summed E-state index contributed by atoms with van der Waals surface area (Å²) in [5.41, 5.74) is 6.25. The molecule has 0 spiro atoms. The van der Waals surface area contributed by atoms with E-state index in [2.05, 4.69) is 20.5 Å². The van der Waals surface area contributed by atoms with Crippen LogP contribution in [0.4, 0.5) is 18.9 Å². The fourth-order valence-electron chi connectivity index (χ4n) is 3.60. The number of carbonyl (C=O) groups is 2. The van der Waals surface area contributed by atoms with Crippen LogP contribution >= 0.6 is 11.3 Å². The number of nitrogens with one attached hydrogen (secondary N) is 1. The number of alkyl halides is 3. The van der Waals surface area contributed by atoms with Gasteiger partial charge in [0.15, 0.2) is 0 Å². The van der Waals surface area contributed by atoms with Crippen LogP contribution in [0.3, 0.4) is 0 Å². The molecule has 3 N–H and O–H groups in total. The van der Waals surface area contributed by atoms with Crippen LogP contribution in [0.2, 0.25) is 0 Å². The Bertz CT molecular complexity index is 1450. The van der Waals surface area contributed by atoms with Gasteiger partial charge in [-0.1, -0.05) is 0 Å². The average Bonchev–Trinajstić information content (AvgIpc) is 3.42. The molecule has 0 fully saturated rings. The first kappa shape index (κ1) is 23.4. The van der Waals surface area contributed by atoms with Gasteiger partial charge in [-0.15, -0.1) is 11.3 Å². The van der Waals surface area contributed by atoms with Crippen LogP contribution in [-0.2, 0) is 19.8 Å². The van der Waals surface area contributed by atoms with E-state index in [0.717, 1.165) is 6.07 Å². The standard InChI is InChI=1S/C21H20F3N7O2S/c1-5-31-8-13(9(2)29-31)11-6-14(21(22,23)24)27-20-15(11)16(17(34-20)18(25)32)28-19(33)12-7-26-30(4)10(12)3/h6-8H,5H2,1-4H3,(H2,25,32)(H,28,33). The van der Waals surface area contributed by atoms with E-state index in [4.69, 9.17) is 5.73 Å². The van der Waals surface area contributed by atoms with E-state index in [-0.39, 0.29) is 31.9 Å². The molecule has 178 valence electrons. The highest BCUT2D eigenvalue weighted by molar-refractivity contribution is 7.21. The van der Waals surface area contributed by atoms with Crippen molar-refractivity contribution in [1.29, 1.82) is 0 Å². The number of amides is 2. The lowest BCUT2D eigenvalue weighted by molar-refractivity contribution is -0.140. The number of nitrogens with two attached hydrogens (primary N) is 1. The van der Waals surface area contributed by atoms with E-state index in [1.165, 1.54) is 10.9 Å². The van der Waals surface area contributed by atoms with E-state index in [1.807, 2.05) is 6.92 Å². The number of anilines is 1. The summed E-state index contributed by atoms with van der Waals surface area (Å²) in [4.78, 5) is 28.8. The summed E-state index contributed by atoms with van der Waals surface area (Å²) in [6.45, 7) is 5.70. The van der Waals surface area contributed by atoms with Crippen molar-refractivity contribution in [3.05, 3.63) is 46.0 Å². The third kappa shape index (κ3) is 3.91. The molecule has 0 saturated heterocycles. The van der Waals surface area contributed by atoms with Gasteiger partial charge in [-0.05, 0) is 32.4 Å². The van der Waals surface area contributed by atoms with Crippen molar-refractivity contribution in [3.63, 3.8) is 0 Å². The van der Waals surface area contributed by atoms with Crippen molar-refractivity contribution >= 4 is 39.1 Å². The van der Waals surface area contributed by atoms with Crippen LogP contribution in [0, 0.1) is 13.8 Å². The number of pyridine rings is 1. The lowest BCUT2D eigenvalue weighted by atomic mass is 10.0. The molecular weight excluding hydrogens is 471 g/mol. The minimum absolute atomic E-state index is 0.000580. The first-order valence-electron chi connectivity index (χ1n) is 10.1. The molecule has 34 heavy (non-hydrogen) atoms. The van der Waals surface area contributed by atoms with Crippen LogP contribution in [0.25, 0.3) is 21.3 Å². The summed E-state index contributed by atoms with van der Waals surface area (Å²) < 4.78 is 44.1. The largest absolute Gasteiger partial charge is 0.433 e. The third-order valence-electron chi connectivity index (χ3n) is 5.46. The number of hydrogen-bond donors (Lipinski definition) is 2. The minimum atomic E-state index is -4.73. The summed E-state index contributed by atoms with van der Waals surface area (Å²) in [5, 5.41) is 11.2. The summed E-state index contributed by atoms with van der Waals surface area (Å²) in [6, 6.07) is 0.898. The summed E-state index contributed by atoms with van der Waals surface area (Å²) >= 11 is 0.688. The number of thiophene rings is 1. The molecule has 2 amide bonds. The minimum Gasteiger partial charge on any atom is -0.365 e. The van der Waals surface area contributed by atoms with Gasteiger partial charge in [-0.2, -0.15) is 23.4 Å². The zero-order valence-electron chi connectivity index (χ0n) is 18.6. The molecule has 4 aromatic rings. The quantitative estimate of drug-likeness (QED) is 0.439. The summed E-state index contributed by atoms with van der Waals surface area (Å²) in [7, 11) is 1.66. The van der Waals surface area contributed by atoms with E-state index >= 15 is 0 Å². The molecule has 0 atom stereocenters. The zero-order chi connectivity index (χ0) is 24.9. The van der Waals surface area contributed by atoms with Gasteiger partial charge in [0.25, 0.3) is 11.8 Å². The second kappa shape index (κ2) is 8.24.